The average Bonchev–Trinajstić information content (AvgIpc) is 2.94. The molecule has 1 saturated heterocycles. The van der Waals surface area contributed by atoms with E-state index in [1.807, 2.05) is 66.4 Å². The quantitative estimate of drug-likeness (QED) is 0.451. The first-order valence-corrected chi connectivity index (χ1v) is 12.3. The van der Waals surface area contributed by atoms with Crippen LogP contribution in [0.3, 0.4) is 0 Å². The Hall–Kier alpha value is -4.37. The minimum atomic E-state index is -1.82. The number of nitrogens with zero attached hydrogens (tertiary/aromatic N) is 2. The molecule has 0 radical (unpaired) electrons. The molecule has 3 aromatic rings. The fraction of sp³-hybridized carbons (Fsp3) is 0.276. The molecule has 1 fully saturated rings. The van der Waals surface area contributed by atoms with E-state index in [0.717, 1.165) is 60.9 Å². The number of methoxy groups -OCH3 is 1. The molecule has 0 saturated carbocycles. The largest absolute Gasteiger partial charge is 0.493 e. The first kappa shape index (κ1) is 28.2. The van der Waals surface area contributed by atoms with Crippen molar-refractivity contribution in [1.82, 2.24) is 9.80 Å². The van der Waals surface area contributed by atoms with E-state index in [-0.39, 0.29) is 5.91 Å². The molecule has 0 aromatic heterocycles. The molecule has 4 rings (SSSR count). The van der Waals surface area contributed by atoms with Crippen molar-refractivity contribution in [2.75, 3.05) is 39.9 Å². The Balaban J connectivity index is 0.000000599. The Morgan fingerprint density at radius 1 is 0.789 bits per heavy atom. The third-order valence-corrected chi connectivity index (χ3v) is 6.02. The highest BCUT2D eigenvalue weighted by molar-refractivity contribution is 6.27. The van der Waals surface area contributed by atoms with Gasteiger partial charge >= 0.3 is 11.9 Å². The van der Waals surface area contributed by atoms with Gasteiger partial charge in [-0.05, 0) is 47.9 Å². The highest BCUT2D eigenvalue weighted by Crippen LogP contribution is 2.29. The molecule has 1 aliphatic rings. The lowest BCUT2D eigenvalue weighted by Gasteiger charge is -2.35. The Kier molecular flexibility index (Phi) is 10.2. The van der Waals surface area contributed by atoms with E-state index in [1.54, 1.807) is 7.11 Å². The number of hydrogen-bond donors (Lipinski definition) is 2. The number of carboxylic acids is 2. The molecule has 1 aliphatic heterocycles. The van der Waals surface area contributed by atoms with E-state index < -0.39 is 11.9 Å². The second-order valence-electron chi connectivity index (χ2n) is 8.54. The summed E-state index contributed by atoms with van der Waals surface area (Å²) in [4.78, 5) is 35.5. The number of carbonyl (C=O) groups excluding carboxylic acids is 1. The molecule has 0 spiro atoms. The number of piperazine rings is 1. The highest BCUT2D eigenvalue weighted by atomic mass is 16.5. The predicted molar refractivity (Wildman–Crippen MR) is 142 cm³/mol. The van der Waals surface area contributed by atoms with Gasteiger partial charge in [0.2, 0.25) is 0 Å². The molecule has 9 heteroatoms. The summed E-state index contributed by atoms with van der Waals surface area (Å²) in [7, 11) is 1.66. The van der Waals surface area contributed by atoms with Gasteiger partial charge in [-0.3, -0.25) is 9.69 Å². The Morgan fingerprint density at radius 3 is 1.95 bits per heavy atom. The van der Waals surface area contributed by atoms with Gasteiger partial charge in [0.1, 0.15) is 0 Å². The van der Waals surface area contributed by atoms with E-state index in [1.165, 1.54) is 5.56 Å². The maximum atomic E-state index is 13.0. The normalized spacial score (nSPS) is 13.2. The molecule has 200 valence electrons. The second kappa shape index (κ2) is 13.8. The molecular formula is C29H32N2O7. The number of ether oxygens (including phenoxy) is 2. The van der Waals surface area contributed by atoms with E-state index in [9.17, 15) is 4.79 Å². The van der Waals surface area contributed by atoms with E-state index >= 15 is 0 Å². The number of hydrogen-bond acceptors (Lipinski definition) is 6. The van der Waals surface area contributed by atoms with Crippen LogP contribution in [0.1, 0.15) is 22.8 Å². The van der Waals surface area contributed by atoms with Crippen LogP contribution in [0.4, 0.5) is 0 Å². The van der Waals surface area contributed by atoms with Gasteiger partial charge in [0.25, 0.3) is 5.91 Å². The zero-order valence-electron chi connectivity index (χ0n) is 21.5. The number of rotatable bonds is 7. The number of carboxylic acid groups (broad SMARTS) is 2. The van der Waals surface area contributed by atoms with Crippen molar-refractivity contribution >= 4 is 17.8 Å². The fourth-order valence-electron chi connectivity index (χ4n) is 4.07. The summed E-state index contributed by atoms with van der Waals surface area (Å²) in [6.45, 7) is 6.57. The van der Waals surface area contributed by atoms with Gasteiger partial charge in [0.15, 0.2) is 11.5 Å². The lowest BCUT2D eigenvalue weighted by Crippen LogP contribution is -2.48. The maximum Gasteiger partial charge on any atom is 0.414 e. The monoisotopic (exact) mass is 520 g/mol. The van der Waals surface area contributed by atoms with Crippen LogP contribution >= 0.6 is 0 Å². The van der Waals surface area contributed by atoms with E-state index in [0.29, 0.717) is 6.61 Å². The third kappa shape index (κ3) is 7.81. The van der Waals surface area contributed by atoms with Crippen LogP contribution < -0.4 is 9.47 Å². The van der Waals surface area contributed by atoms with Crippen LogP contribution in [0, 0.1) is 0 Å². The summed E-state index contributed by atoms with van der Waals surface area (Å²) < 4.78 is 11.1. The first-order valence-electron chi connectivity index (χ1n) is 12.3. The fourth-order valence-corrected chi connectivity index (χ4v) is 4.07. The zero-order valence-corrected chi connectivity index (χ0v) is 21.5. The molecule has 0 atom stereocenters. The SMILES string of the molecule is CCOc1cc(CN2CCN(C(=O)c3ccc(-c4ccccc4)cc3)CC2)ccc1OC.O=C(O)C(=O)O. The molecule has 0 unspecified atom stereocenters. The molecule has 38 heavy (non-hydrogen) atoms. The number of amides is 1. The van der Waals surface area contributed by atoms with E-state index in [4.69, 9.17) is 29.3 Å². The molecular weight excluding hydrogens is 488 g/mol. The molecule has 1 amide bonds. The number of carbonyl (C=O) groups is 3. The van der Waals surface area contributed by atoms with Crippen molar-refractivity contribution < 1.29 is 34.1 Å². The lowest BCUT2D eigenvalue weighted by atomic mass is 10.0. The van der Waals surface area contributed by atoms with Crippen molar-refractivity contribution in [1.29, 1.82) is 0 Å². The molecule has 3 aromatic carbocycles. The van der Waals surface area contributed by atoms with Crippen molar-refractivity contribution in [3.8, 4) is 22.6 Å². The minimum absolute atomic E-state index is 0.104. The lowest BCUT2D eigenvalue weighted by molar-refractivity contribution is -0.159. The molecule has 0 bridgehead atoms. The molecule has 9 nitrogen and oxygen atoms in total. The van der Waals surface area contributed by atoms with E-state index in [2.05, 4.69) is 23.1 Å². The standard InChI is InChI=1S/C27H30N2O3.C2H2O4/c1-3-32-26-19-21(9-14-25(26)31-2)20-28-15-17-29(18-16-28)27(30)24-12-10-23(11-13-24)22-7-5-4-6-8-22;3-1(4)2(5)6/h4-14,19H,3,15-18,20H2,1-2H3;(H,3,4)(H,5,6). The summed E-state index contributed by atoms with van der Waals surface area (Å²) in [5.74, 6) is -2.01. The van der Waals surface area contributed by atoms with Crippen molar-refractivity contribution in [3.63, 3.8) is 0 Å². The second-order valence-corrected chi connectivity index (χ2v) is 8.54. The van der Waals surface area contributed by atoms with Crippen LogP contribution in [0.15, 0.2) is 72.8 Å². The predicted octanol–water partition coefficient (Wildman–Crippen LogP) is 3.87. The van der Waals surface area contributed by atoms with Gasteiger partial charge in [-0.25, -0.2) is 9.59 Å². The van der Waals surface area contributed by atoms with Crippen LogP contribution in [0.2, 0.25) is 0 Å². The topological polar surface area (TPSA) is 117 Å². The van der Waals surface area contributed by atoms with Gasteiger partial charge in [-0.15, -0.1) is 0 Å². The van der Waals surface area contributed by atoms with Gasteiger partial charge in [-0.1, -0.05) is 48.5 Å². The zero-order chi connectivity index (χ0) is 27.5. The minimum Gasteiger partial charge on any atom is -0.493 e. The maximum absolute atomic E-state index is 13.0. The van der Waals surface area contributed by atoms with Gasteiger partial charge in [0.05, 0.1) is 13.7 Å². The summed E-state index contributed by atoms with van der Waals surface area (Å²) in [6.07, 6.45) is 0. The smallest absolute Gasteiger partial charge is 0.414 e. The Morgan fingerprint density at radius 2 is 1.39 bits per heavy atom. The summed E-state index contributed by atoms with van der Waals surface area (Å²) in [5, 5.41) is 14.8. The van der Waals surface area contributed by atoms with Gasteiger partial charge < -0.3 is 24.6 Å². The van der Waals surface area contributed by atoms with Gasteiger partial charge in [-0.2, -0.15) is 0 Å². The molecule has 1 heterocycles. The number of benzene rings is 3. The summed E-state index contributed by atoms with van der Waals surface area (Å²) in [6, 6.07) is 24.2. The summed E-state index contributed by atoms with van der Waals surface area (Å²) in [5.41, 5.74) is 4.21. The third-order valence-electron chi connectivity index (χ3n) is 6.02. The Bertz CT molecular complexity index is 1210. The molecule has 2 N–H and O–H groups in total. The van der Waals surface area contributed by atoms with Gasteiger partial charge in [0, 0.05) is 38.3 Å². The average molecular weight is 521 g/mol. The summed E-state index contributed by atoms with van der Waals surface area (Å²) >= 11 is 0. The molecule has 0 aliphatic carbocycles. The highest BCUT2D eigenvalue weighted by Gasteiger charge is 2.22. The van der Waals surface area contributed by atoms with Crippen LogP contribution in [-0.2, 0) is 16.1 Å². The van der Waals surface area contributed by atoms with Crippen LogP contribution in [-0.4, -0.2) is 77.8 Å². The van der Waals surface area contributed by atoms with Crippen LogP contribution in [0.25, 0.3) is 11.1 Å². The first-order chi connectivity index (χ1) is 18.3. The number of aliphatic carboxylic acids is 2. The van der Waals surface area contributed by atoms with Crippen molar-refractivity contribution in [2.24, 2.45) is 0 Å². The Labute approximate surface area is 221 Å². The van der Waals surface area contributed by atoms with Crippen LogP contribution in [0.5, 0.6) is 11.5 Å². The van der Waals surface area contributed by atoms with Crippen molar-refractivity contribution in [2.45, 2.75) is 13.5 Å². The van der Waals surface area contributed by atoms with Crippen molar-refractivity contribution in [3.05, 3.63) is 83.9 Å².